The average Bonchev–Trinajstić information content (AvgIpc) is 2.84. The van der Waals surface area contributed by atoms with Gasteiger partial charge in [-0.15, -0.1) is 0 Å². The predicted molar refractivity (Wildman–Crippen MR) is 78.1 cm³/mol. The summed E-state index contributed by atoms with van der Waals surface area (Å²) in [5, 5.41) is 4.25. The molecule has 0 aliphatic heterocycles. The van der Waals surface area contributed by atoms with Crippen LogP contribution in [0.1, 0.15) is 32.4 Å². The molecule has 0 atom stereocenters. The van der Waals surface area contributed by atoms with Crippen molar-refractivity contribution >= 4 is 15.9 Å². The van der Waals surface area contributed by atoms with Crippen LogP contribution in [0.2, 0.25) is 0 Å². The number of aromatic nitrogens is 4. The number of rotatable bonds is 5. The van der Waals surface area contributed by atoms with E-state index < -0.39 is 0 Å². The second-order valence-electron chi connectivity index (χ2n) is 4.36. The first-order valence-corrected chi connectivity index (χ1v) is 7.27. The van der Waals surface area contributed by atoms with E-state index in [0.717, 1.165) is 37.2 Å². The molecule has 2 aromatic heterocycles. The zero-order valence-corrected chi connectivity index (χ0v) is 12.7. The van der Waals surface area contributed by atoms with Gasteiger partial charge in [0, 0.05) is 12.7 Å². The number of nitrogens with zero attached hydrogens (tertiary/aromatic N) is 3. The second-order valence-corrected chi connectivity index (χ2v) is 5.16. The van der Waals surface area contributed by atoms with Crippen molar-refractivity contribution in [2.45, 2.75) is 39.7 Å². The average molecular weight is 325 g/mol. The lowest BCUT2D eigenvalue weighted by Gasteiger charge is -2.08. The van der Waals surface area contributed by atoms with Gasteiger partial charge in [0.2, 0.25) is 0 Å². The minimum Gasteiger partial charge on any atom is -0.304 e. The van der Waals surface area contributed by atoms with Gasteiger partial charge in [0.25, 0.3) is 5.56 Å². The molecule has 0 aliphatic carbocycles. The van der Waals surface area contributed by atoms with Crippen molar-refractivity contribution in [1.82, 2.24) is 19.7 Å². The molecule has 6 heteroatoms. The standard InChI is InChI=1S/C13H17BrN4O/c1-3-5-9-11(14)13(19)17-12(16-9)10-6-7-15-18(10)8-4-2/h6-7H,3-5,8H2,1-2H3,(H,16,17,19). The molecule has 1 N–H and O–H groups in total. The number of hydrogen-bond donors (Lipinski definition) is 1. The highest BCUT2D eigenvalue weighted by molar-refractivity contribution is 9.10. The van der Waals surface area contributed by atoms with E-state index in [1.807, 2.05) is 10.7 Å². The van der Waals surface area contributed by atoms with Crippen molar-refractivity contribution in [2.24, 2.45) is 0 Å². The quantitative estimate of drug-likeness (QED) is 0.919. The van der Waals surface area contributed by atoms with E-state index in [9.17, 15) is 4.79 Å². The lowest BCUT2D eigenvalue weighted by Crippen LogP contribution is -2.15. The molecule has 2 aromatic rings. The molecule has 0 saturated heterocycles. The predicted octanol–water partition coefficient (Wildman–Crippen LogP) is 2.76. The summed E-state index contributed by atoms with van der Waals surface area (Å²) in [5.41, 5.74) is 1.51. The number of nitrogens with one attached hydrogen (secondary N) is 1. The Labute approximate surface area is 120 Å². The summed E-state index contributed by atoms with van der Waals surface area (Å²) in [6.07, 6.45) is 4.44. The number of hydrogen-bond acceptors (Lipinski definition) is 3. The van der Waals surface area contributed by atoms with Crippen LogP contribution in [0.3, 0.4) is 0 Å². The van der Waals surface area contributed by atoms with E-state index in [1.165, 1.54) is 0 Å². The first kappa shape index (κ1) is 14.0. The van der Waals surface area contributed by atoms with Crippen molar-refractivity contribution in [3.05, 3.63) is 32.8 Å². The van der Waals surface area contributed by atoms with Gasteiger partial charge in [-0.1, -0.05) is 20.3 Å². The molecule has 0 amide bonds. The van der Waals surface area contributed by atoms with Crippen LogP contribution in [-0.4, -0.2) is 19.7 Å². The van der Waals surface area contributed by atoms with E-state index in [4.69, 9.17) is 0 Å². The molecule has 2 rings (SSSR count). The molecule has 19 heavy (non-hydrogen) atoms. The molecule has 0 bridgehead atoms. The molecular formula is C13H17BrN4O. The minimum atomic E-state index is -0.141. The molecule has 102 valence electrons. The normalized spacial score (nSPS) is 10.9. The van der Waals surface area contributed by atoms with Crippen LogP contribution < -0.4 is 5.56 Å². The topological polar surface area (TPSA) is 63.6 Å². The molecular weight excluding hydrogens is 308 g/mol. The van der Waals surface area contributed by atoms with Crippen LogP contribution in [0.5, 0.6) is 0 Å². The molecule has 0 unspecified atom stereocenters. The van der Waals surface area contributed by atoms with Crippen LogP contribution >= 0.6 is 15.9 Å². The molecule has 0 aliphatic rings. The number of halogens is 1. The maximum absolute atomic E-state index is 11.9. The molecule has 0 saturated carbocycles. The van der Waals surface area contributed by atoms with Crippen LogP contribution in [0.15, 0.2) is 21.5 Å². The molecule has 0 fully saturated rings. The van der Waals surface area contributed by atoms with Gasteiger partial charge in [0.1, 0.15) is 10.2 Å². The first-order valence-electron chi connectivity index (χ1n) is 6.48. The first-order chi connectivity index (χ1) is 9.17. The van der Waals surface area contributed by atoms with E-state index in [-0.39, 0.29) is 5.56 Å². The van der Waals surface area contributed by atoms with Crippen molar-refractivity contribution in [3.63, 3.8) is 0 Å². The smallest absolute Gasteiger partial charge is 0.265 e. The Hall–Kier alpha value is -1.43. The minimum absolute atomic E-state index is 0.141. The van der Waals surface area contributed by atoms with E-state index in [1.54, 1.807) is 6.20 Å². The Morgan fingerprint density at radius 2 is 2.16 bits per heavy atom. The molecule has 5 nitrogen and oxygen atoms in total. The monoisotopic (exact) mass is 324 g/mol. The molecule has 0 spiro atoms. The van der Waals surface area contributed by atoms with Crippen molar-refractivity contribution in [3.8, 4) is 11.5 Å². The number of aromatic amines is 1. The Kier molecular flexibility index (Phi) is 4.52. The highest BCUT2D eigenvalue weighted by atomic mass is 79.9. The Balaban J connectivity index is 2.50. The van der Waals surface area contributed by atoms with E-state index >= 15 is 0 Å². The summed E-state index contributed by atoms with van der Waals surface area (Å²) >= 11 is 3.30. The third-order valence-corrected chi connectivity index (χ3v) is 3.63. The zero-order chi connectivity index (χ0) is 13.8. The molecule has 0 radical (unpaired) electrons. The summed E-state index contributed by atoms with van der Waals surface area (Å²) in [6.45, 7) is 4.97. The van der Waals surface area contributed by atoms with Crippen molar-refractivity contribution < 1.29 is 0 Å². The fourth-order valence-electron chi connectivity index (χ4n) is 1.95. The van der Waals surface area contributed by atoms with Gasteiger partial charge in [0.05, 0.1) is 5.69 Å². The fraction of sp³-hybridized carbons (Fsp3) is 0.462. The highest BCUT2D eigenvalue weighted by Crippen LogP contribution is 2.18. The van der Waals surface area contributed by atoms with Gasteiger partial charge in [-0.2, -0.15) is 5.10 Å². The summed E-state index contributed by atoms with van der Waals surface area (Å²) < 4.78 is 2.39. The maximum atomic E-state index is 11.9. The van der Waals surface area contributed by atoms with Crippen molar-refractivity contribution in [2.75, 3.05) is 0 Å². The SMILES string of the molecule is CCCc1nc(-c2ccnn2CCC)[nH]c(=O)c1Br. The fourth-order valence-corrected chi connectivity index (χ4v) is 2.34. The zero-order valence-electron chi connectivity index (χ0n) is 11.1. The van der Waals surface area contributed by atoms with Gasteiger partial charge in [-0.25, -0.2) is 4.98 Å². The summed E-state index contributed by atoms with van der Waals surface area (Å²) in [6, 6.07) is 1.87. The van der Waals surface area contributed by atoms with Crippen LogP contribution in [-0.2, 0) is 13.0 Å². The molecule has 2 heterocycles. The number of H-pyrrole nitrogens is 1. The Bertz CT molecular complexity index is 617. The third kappa shape index (κ3) is 2.94. The van der Waals surface area contributed by atoms with Gasteiger partial charge in [-0.05, 0) is 34.8 Å². The van der Waals surface area contributed by atoms with Crippen LogP contribution in [0, 0.1) is 0 Å². The largest absolute Gasteiger partial charge is 0.304 e. The maximum Gasteiger partial charge on any atom is 0.265 e. The van der Waals surface area contributed by atoms with Crippen molar-refractivity contribution in [1.29, 1.82) is 0 Å². The van der Waals surface area contributed by atoms with Gasteiger partial charge >= 0.3 is 0 Å². The van der Waals surface area contributed by atoms with Crippen LogP contribution in [0.25, 0.3) is 11.5 Å². The van der Waals surface area contributed by atoms with Gasteiger partial charge in [-0.3, -0.25) is 9.48 Å². The number of aryl methyl sites for hydroxylation is 2. The third-order valence-electron chi connectivity index (χ3n) is 2.81. The Morgan fingerprint density at radius 3 is 2.84 bits per heavy atom. The highest BCUT2D eigenvalue weighted by Gasteiger charge is 2.12. The van der Waals surface area contributed by atoms with Gasteiger partial charge < -0.3 is 4.98 Å². The summed E-state index contributed by atoms with van der Waals surface area (Å²) in [7, 11) is 0. The lowest BCUT2D eigenvalue weighted by atomic mass is 10.2. The van der Waals surface area contributed by atoms with Gasteiger partial charge in [0.15, 0.2) is 5.82 Å². The lowest BCUT2D eigenvalue weighted by molar-refractivity contribution is 0.606. The Morgan fingerprint density at radius 1 is 1.37 bits per heavy atom. The van der Waals surface area contributed by atoms with Crippen LogP contribution in [0.4, 0.5) is 0 Å². The summed E-state index contributed by atoms with van der Waals surface area (Å²) in [4.78, 5) is 19.3. The van der Waals surface area contributed by atoms with E-state index in [0.29, 0.717) is 10.3 Å². The summed E-state index contributed by atoms with van der Waals surface area (Å²) in [5.74, 6) is 0.586. The molecule has 0 aromatic carbocycles. The second kappa shape index (κ2) is 6.14. The van der Waals surface area contributed by atoms with E-state index in [2.05, 4.69) is 44.8 Å².